The highest BCUT2D eigenvalue weighted by molar-refractivity contribution is 5.72. The van der Waals surface area contributed by atoms with Gasteiger partial charge in [-0.05, 0) is 51.2 Å². The Morgan fingerprint density at radius 3 is 2.74 bits per heavy atom. The lowest BCUT2D eigenvalue weighted by Gasteiger charge is -2.28. The van der Waals surface area contributed by atoms with E-state index in [1.54, 1.807) is 23.7 Å². The van der Waals surface area contributed by atoms with E-state index in [-0.39, 0.29) is 30.7 Å². The van der Waals surface area contributed by atoms with Crippen molar-refractivity contribution in [3.05, 3.63) is 23.5 Å². The molecular formula is C25H37N5O5. The van der Waals surface area contributed by atoms with Gasteiger partial charge in [0, 0.05) is 20.6 Å². The third-order valence-electron chi connectivity index (χ3n) is 6.42. The van der Waals surface area contributed by atoms with Crippen LogP contribution in [0.1, 0.15) is 63.3 Å². The Morgan fingerprint density at radius 1 is 1.23 bits per heavy atom. The Morgan fingerprint density at radius 2 is 2.03 bits per heavy atom. The molecule has 10 heteroatoms. The van der Waals surface area contributed by atoms with Crippen LogP contribution in [0.25, 0.3) is 11.4 Å². The lowest BCUT2D eigenvalue weighted by Crippen LogP contribution is -2.30. The molecule has 0 spiro atoms. The predicted molar refractivity (Wildman–Crippen MR) is 130 cm³/mol. The first-order valence-electron chi connectivity index (χ1n) is 12.3. The van der Waals surface area contributed by atoms with Gasteiger partial charge in [-0.3, -0.25) is 4.79 Å². The maximum atomic E-state index is 12.4. The van der Waals surface area contributed by atoms with Gasteiger partial charge in [0.15, 0.2) is 0 Å². The number of rotatable bonds is 10. The average molecular weight is 488 g/mol. The number of aryl methyl sites for hydroxylation is 2. The Labute approximate surface area is 206 Å². The van der Waals surface area contributed by atoms with Crippen LogP contribution in [-0.2, 0) is 27.9 Å². The first kappa shape index (κ1) is 26.4. The summed E-state index contributed by atoms with van der Waals surface area (Å²) < 4.78 is 18.2. The van der Waals surface area contributed by atoms with Crippen LogP contribution in [-0.4, -0.2) is 63.7 Å². The van der Waals surface area contributed by atoms with Crippen LogP contribution in [0.4, 0.5) is 4.79 Å². The van der Waals surface area contributed by atoms with Crippen molar-refractivity contribution in [3.63, 3.8) is 0 Å². The van der Waals surface area contributed by atoms with Crippen LogP contribution < -0.4 is 4.74 Å². The van der Waals surface area contributed by atoms with E-state index in [4.69, 9.17) is 14.2 Å². The third kappa shape index (κ3) is 6.93. The first-order chi connectivity index (χ1) is 16.8. The van der Waals surface area contributed by atoms with Crippen LogP contribution in [0.15, 0.2) is 12.1 Å². The third-order valence-corrected chi connectivity index (χ3v) is 6.42. The fourth-order valence-corrected chi connectivity index (χ4v) is 4.29. The molecule has 1 saturated carbocycles. The zero-order valence-electron chi connectivity index (χ0n) is 21.5. The molecule has 0 saturated heterocycles. The first-order valence-corrected chi connectivity index (χ1v) is 12.3. The Bertz CT molecular complexity index is 1010. The Balaban J connectivity index is 1.65. The number of hydrogen-bond acceptors (Lipinski definition) is 8. The molecule has 0 aromatic carbocycles. The van der Waals surface area contributed by atoms with E-state index in [0.29, 0.717) is 41.5 Å². The number of ether oxygens (including phenoxy) is 3. The SMILES string of the molecule is CCCCCN(C)C(=O)OCc1c(-c2ccc(O[C@H]3CCC[C@H](C(=O)OC)C3)c(C)n2)nnn1C. The van der Waals surface area contributed by atoms with Gasteiger partial charge < -0.3 is 19.1 Å². The fraction of sp³-hybridized carbons (Fsp3) is 0.640. The minimum absolute atomic E-state index is 0.0474. The standard InChI is InChI=1S/C25H37N5O5/c1-6-7-8-14-29(3)25(32)34-16-21-23(27-28-30(21)4)20-12-13-22(17(2)26-20)35-19-11-9-10-18(15-19)24(31)33-5/h12-13,18-19H,6-11,14-16H2,1-5H3/t18-,19-/m0/s1. The summed E-state index contributed by atoms with van der Waals surface area (Å²) in [6.07, 6.45) is 5.97. The number of amides is 1. The van der Waals surface area contributed by atoms with Gasteiger partial charge in [-0.25, -0.2) is 14.5 Å². The zero-order chi connectivity index (χ0) is 25.4. The molecule has 192 valence electrons. The van der Waals surface area contributed by atoms with Crippen molar-refractivity contribution in [1.82, 2.24) is 24.9 Å². The Kier molecular flexibility index (Phi) is 9.45. The monoisotopic (exact) mass is 487 g/mol. The van der Waals surface area contributed by atoms with Crippen molar-refractivity contribution in [2.75, 3.05) is 20.7 Å². The van der Waals surface area contributed by atoms with Gasteiger partial charge in [0.05, 0.1) is 30.5 Å². The van der Waals surface area contributed by atoms with Crippen molar-refractivity contribution >= 4 is 12.1 Å². The number of nitrogens with zero attached hydrogens (tertiary/aromatic N) is 5. The molecule has 2 atom stereocenters. The van der Waals surface area contributed by atoms with Crippen LogP contribution in [0.5, 0.6) is 5.75 Å². The molecule has 0 unspecified atom stereocenters. The average Bonchev–Trinajstić information content (AvgIpc) is 3.23. The Hall–Kier alpha value is -3.17. The highest BCUT2D eigenvalue weighted by atomic mass is 16.6. The van der Waals surface area contributed by atoms with E-state index >= 15 is 0 Å². The van der Waals surface area contributed by atoms with E-state index in [0.717, 1.165) is 38.5 Å². The maximum Gasteiger partial charge on any atom is 0.409 e. The molecule has 0 bridgehead atoms. The maximum absolute atomic E-state index is 12.4. The molecule has 0 aliphatic heterocycles. The topological polar surface area (TPSA) is 109 Å². The number of unbranched alkanes of at least 4 members (excludes halogenated alkanes) is 2. The van der Waals surface area contributed by atoms with Gasteiger partial charge in [-0.15, -0.1) is 5.10 Å². The summed E-state index contributed by atoms with van der Waals surface area (Å²) in [6, 6.07) is 3.69. The molecule has 1 amide bonds. The van der Waals surface area contributed by atoms with Gasteiger partial charge in [0.1, 0.15) is 23.7 Å². The van der Waals surface area contributed by atoms with Gasteiger partial charge in [-0.1, -0.05) is 25.0 Å². The fourth-order valence-electron chi connectivity index (χ4n) is 4.29. The smallest absolute Gasteiger partial charge is 0.409 e. The van der Waals surface area contributed by atoms with Crippen LogP contribution in [0.2, 0.25) is 0 Å². The molecule has 2 aromatic heterocycles. The minimum Gasteiger partial charge on any atom is -0.489 e. The lowest BCUT2D eigenvalue weighted by molar-refractivity contribution is -0.147. The van der Waals surface area contributed by atoms with Gasteiger partial charge in [-0.2, -0.15) is 0 Å². The molecule has 1 aliphatic rings. The van der Waals surface area contributed by atoms with Crippen molar-refractivity contribution in [3.8, 4) is 17.1 Å². The summed E-state index contributed by atoms with van der Waals surface area (Å²) in [5.74, 6) is 0.378. The van der Waals surface area contributed by atoms with Gasteiger partial charge >= 0.3 is 12.1 Å². The summed E-state index contributed by atoms with van der Waals surface area (Å²) in [6.45, 7) is 4.71. The van der Waals surface area contributed by atoms with Crippen LogP contribution in [0, 0.1) is 12.8 Å². The normalized spacial score (nSPS) is 17.6. The highest BCUT2D eigenvalue weighted by Gasteiger charge is 2.29. The number of carbonyl (C=O) groups is 2. The number of pyridine rings is 1. The van der Waals surface area contributed by atoms with E-state index < -0.39 is 0 Å². The highest BCUT2D eigenvalue weighted by Crippen LogP contribution is 2.31. The lowest BCUT2D eigenvalue weighted by atomic mass is 9.87. The number of hydrogen-bond donors (Lipinski definition) is 0. The number of methoxy groups -OCH3 is 1. The molecular weight excluding hydrogens is 450 g/mol. The molecule has 3 rings (SSSR count). The van der Waals surface area contributed by atoms with E-state index in [1.165, 1.54) is 7.11 Å². The van der Waals surface area contributed by atoms with Crippen molar-refractivity contribution < 1.29 is 23.8 Å². The second kappa shape index (κ2) is 12.5. The van der Waals surface area contributed by atoms with Crippen LogP contribution in [0.3, 0.4) is 0 Å². The summed E-state index contributed by atoms with van der Waals surface area (Å²) >= 11 is 0. The van der Waals surface area contributed by atoms with Crippen molar-refractivity contribution in [2.24, 2.45) is 13.0 Å². The molecule has 35 heavy (non-hydrogen) atoms. The van der Waals surface area contributed by atoms with Crippen LogP contribution >= 0.6 is 0 Å². The summed E-state index contributed by atoms with van der Waals surface area (Å²) in [5.41, 5.74) is 2.56. The van der Waals surface area contributed by atoms with Gasteiger partial charge in [0.2, 0.25) is 0 Å². The largest absolute Gasteiger partial charge is 0.489 e. The summed E-state index contributed by atoms with van der Waals surface area (Å²) in [5, 5.41) is 8.35. The number of carbonyl (C=O) groups excluding carboxylic acids is 2. The summed E-state index contributed by atoms with van der Waals surface area (Å²) in [4.78, 5) is 30.5. The second-order valence-electron chi connectivity index (χ2n) is 9.10. The molecule has 1 aliphatic carbocycles. The van der Waals surface area contributed by atoms with E-state index in [1.807, 2.05) is 19.1 Å². The molecule has 1 fully saturated rings. The van der Waals surface area contributed by atoms with Gasteiger partial charge in [0.25, 0.3) is 0 Å². The summed E-state index contributed by atoms with van der Waals surface area (Å²) in [7, 11) is 4.92. The van der Waals surface area contributed by atoms with E-state index in [2.05, 4.69) is 22.2 Å². The molecule has 2 aromatic rings. The molecule has 10 nitrogen and oxygen atoms in total. The molecule has 0 radical (unpaired) electrons. The quantitative estimate of drug-likeness (QED) is 0.365. The second-order valence-corrected chi connectivity index (χ2v) is 9.10. The number of esters is 1. The predicted octanol–water partition coefficient (Wildman–Crippen LogP) is 4.05. The zero-order valence-corrected chi connectivity index (χ0v) is 21.5. The minimum atomic E-state index is -0.376. The number of aromatic nitrogens is 4. The molecule has 2 heterocycles. The van der Waals surface area contributed by atoms with Crippen molar-refractivity contribution in [1.29, 1.82) is 0 Å². The molecule has 0 N–H and O–H groups in total. The van der Waals surface area contributed by atoms with E-state index in [9.17, 15) is 9.59 Å². The van der Waals surface area contributed by atoms with Crippen molar-refractivity contribution in [2.45, 2.75) is 71.5 Å².